The highest BCUT2D eigenvalue weighted by Gasteiger charge is 2.43. The summed E-state index contributed by atoms with van der Waals surface area (Å²) in [5.74, 6) is 3.68. The fraction of sp³-hybridized carbons (Fsp3) is 0.560. The molecule has 1 saturated carbocycles. The van der Waals surface area contributed by atoms with Gasteiger partial charge in [0.15, 0.2) is 5.75 Å². The fourth-order valence-corrected chi connectivity index (χ4v) is 4.70. The summed E-state index contributed by atoms with van der Waals surface area (Å²) in [5, 5.41) is 0. The maximum Gasteiger partial charge on any atom is 0.226 e. The second-order valence-electron chi connectivity index (χ2n) is 9.26. The van der Waals surface area contributed by atoms with Crippen LogP contribution in [0.25, 0.3) is 0 Å². The number of nitrogens with zero attached hydrogens (tertiary/aromatic N) is 4. The van der Waals surface area contributed by atoms with Crippen molar-refractivity contribution in [3.63, 3.8) is 0 Å². The SMILES string of the molecule is COc1cnc(N2CCC([C@H]3C[C@H]3CCOc3ccc(CC(=O)N(C)C)c(F)c3)CC2)nc1. The topological polar surface area (TPSA) is 67.8 Å². The van der Waals surface area contributed by atoms with E-state index in [-0.39, 0.29) is 18.1 Å². The van der Waals surface area contributed by atoms with Gasteiger partial charge in [0.2, 0.25) is 11.9 Å². The summed E-state index contributed by atoms with van der Waals surface area (Å²) < 4.78 is 25.2. The molecule has 2 aromatic rings. The Morgan fingerprint density at radius 3 is 2.55 bits per heavy atom. The van der Waals surface area contributed by atoms with E-state index < -0.39 is 0 Å². The minimum absolute atomic E-state index is 0.0618. The predicted octanol–water partition coefficient (Wildman–Crippen LogP) is 3.58. The number of aromatic nitrogens is 2. The summed E-state index contributed by atoms with van der Waals surface area (Å²) in [6, 6.07) is 4.79. The number of hydrogen-bond acceptors (Lipinski definition) is 6. The highest BCUT2D eigenvalue weighted by atomic mass is 19.1. The van der Waals surface area contributed by atoms with Crippen molar-refractivity contribution in [3.8, 4) is 11.5 Å². The molecule has 2 aliphatic rings. The van der Waals surface area contributed by atoms with E-state index in [2.05, 4.69) is 14.9 Å². The van der Waals surface area contributed by atoms with Gasteiger partial charge in [0, 0.05) is 33.3 Å². The van der Waals surface area contributed by atoms with Crippen LogP contribution in [0.15, 0.2) is 30.6 Å². The number of likely N-dealkylation sites (N-methyl/N-ethyl adjacent to an activating group) is 1. The van der Waals surface area contributed by atoms with Gasteiger partial charge in [-0.15, -0.1) is 0 Å². The molecule has 0 unspecified atom stereocenters. The molecule has 33 heavy (non-hydrogen) atoms. The van der Waals surface area contributed by atoms with Crippen molar-refractivity contribution in [3.05, 3.63) is 42.0 Å². The third-order valence-electron chi connectivity index (χ3n) is 6.88. The van der Waals surface area contributed by atoms with E-state index in [4.69, 9.17) is 9.47 Å². The summed E-state index contributed by atoms with van der Waals surface area (Å²) in [4.78, 5) is 24.3. The summed E-state index contributed by atoms with van der Waals surface area (Å²) in [6.45, 7) is 2.56. The number of piperidine rings is 1. The zero-order chi connectivity index (χ0) is 23.4. The number of anilines is 1. The number of amides is 1. The van der Waals surface area contributed by atoms with Crippen LogP contribution in [0.3, 0.4) is 0 Å². The Morgan fingerprint density at radius 2 is 1.91 bits per heavy atom. The number of ether oxygens (including phenoxy) is 2. The highest BCUT2D eigenvalue weighted by Crippen LogP contribution is 2.49. The van der Waals surface area contributed by atoms with Gasteiger partial charge in [0.1, 0.15) is 11.6 Å². The predicted molar refractivity (Wildman–Crippen MR) is 124 cm³/mol. The lowest BCUT2D eigenvalue weighted by Crippen LogP contribution is -2.35. The average molecular weight is 457 g/mol. The molecule has 1 aliphatic heterocycles. The first-order valence-electron chi connectivity index (χ1n) is 11.7. The molecule has 0 bridgehead atoms. The minimum atomic E-state index is -0.389. The van der Waals surface area contributed by atoms with E-state index in [0.29, 0.717) is 29.6 Å². The summed E-state index contributed by atoms with van der Waals surface area (Å²) in [6.07, 6.45) is 8.07. The molecule has 1 saturated heterocycles. The van der Waals surface area contributed by atoms with E-state index in [9.17, 15) is 9.18 Å². The van der Waals surface area contributed by atoms with Crippen molar-refractivity contribution < 1.29 is 18.7 Å². The Bertz CT molecular complexity index is 945. The molecule has 8 heteroatoms. The Balaban J connectivity index is 1.17. The molecule has 178 valence electrons. The highest BCUT2D eigenvalue weighted by molar-refractivity contribution is 5.78. The molecule has 2 fully saturated rings. The van der Waals surface area contributed by atoms with Gasteiger partial charge in [-0.3, -0.25) is 4.79 Å². The third-order valence-corrected chi connectivity index (χ3v) is 6.88. The van der Waals surface area contributed by atoms with Crippen LogP contribution in [-0.4, -0.2) is 61.7 Å². The monoisotopic (exact) mass is 456 g/mol. The number of carbonyl (C=O) groups excluding carboxylic acids is 1. The van der Waals surface area contributed by atoms with Crippen molar-refractivity contribution >= 4 is 11.9 Å². The Morgan fingerprint density at radius 1 is 1.18 bits per heavy atom. The molecular weight excluding hydrogens is 423 g/mol. The lowest BCUT2D eigenvalue weighted by atomic mass is 9.90. The van der Waals surface area contributed by atoms with E-state index in [1.807, 2.05) is 0 Å². The maximum absolute atomic E-state index is 14.3. The van der Waals surface area contributed by atoms with Gasteiger partial charge in [-0.05, 0) is 55.1 Å². The molecule has 2 atom stereocenters. The first-order chi connectivity index (χ1) is 15.9. The van der Waals surface area contributed by atoms with Gasteiger partial charge in [-0.2, -0.15) is 0 Å². The first-order valence-corrected chi connectivity index (χ1v) is 11.7. The van der Waals surface area contributed by atoms with Crippen molar-refractivity contribution in [2.75, 3.05) is 45.8 Å². The molecule has 0 radical (unpaired) electrons. The molecular formula is C25H33FN4O3. The zero-order valence-electron chi connectivity index (χ0n) is 19.7. The molecule has 1 aliphatic carbocycles. The average Bonchev–Trinajstić information content (AvgIpc) is 3.60. The van der Waals surface area contributed by atoms with Crippen LogP contribution in [0, 0.1) is 23.6 Å². The molecule has 1 amide bonds. The number of rotatable bonds is 9. The quantitative estimate of drug-likeness (QED) is 0.575. The fourth-order valence-electron chi connectivity index (χ4n) is 4.70. The second kappa shape index (κ2) is 10.4. The van der Waals surface area contributed by atoms with Gasteiger partial charge in [-0.25, -0.2) is 14.4 Å². The number of benzene rings is 1. The molecule has 2 heterocycles. The molecule has 1 aromatic carbocycles. The smallest absolute Gasteiger partial charge is 0.226 e. The van der Waals surface area contributed by atoms with Crippen LogP contribution in [0.5, 0.6) is 11.5 Å². The normalized spacial score (nSPS) is 20.4. The Hall–Kier alpha value is -2.90. The van der Waals surface area contributed by atoms with Gasteiger partial charge in [0.25, 0.3) is 0 Å². The lowest BCUT2D eigenvalue weighted by molar-refractivity contribution is -0.128. The number of hydrogen-bond donors (Lipinski definition) is 0. The lowest BCUT2D eigenvalue weighted by Gasteiger charge is -2.32. The van der Waals surface area contributed by atoms with Gasteiger partial charge < -0.3 is 19.3 Å². The first kappa shape index (κ1) is 23.3. The van der Waals surface area contributed by atoms with E-state index in [0.717, 1.165) is 50.1 Å². The standard InChI is InChI=1S/C25H33FN4O3/c1-29(2)24(31)13-19-4-5-20(14-23(19)26)33-11-8-18-12-22(18)17-6-9-30(10-7-17)25-27-15-21(32-3)16-28-25/h4-5,14-18,22H,6-13H2,1-3H3/t18-,22-/m1/s1. The number of carbonyl (C=O) groups is 1. The van der Waals surface area contributed by atoms with Gasteiger partial charge >= 0.3 is 0 Å². The Labute approximate surface area is 194 Å². The zero-order valence-corrected chi connectivity index (χ0v) is 19.7. The molecule has 4 rings (SSSR count). The molecule has 0 N–H and O–H groups in total. The molecule has 7 nitrogen and oxygen atoms in total. The van der Waals surface area contributed by atoms with Crippen LogP contribution < -0.4 is 14.4 Å². The van der Waals surface area contributed by atoms with Crippen molar-refractivity contribution in [1.29, 1.82) is 0 Å². The maximum atomic E-state index is 14.3. The van der Waals surface area contributed by atoms with E-state index in [1.54, 1.807) is 45.7 Å². The van der Waals surface area contributed by atoms with Crippen molar-refractivity contribution in [2.45, 2.75) is 32.1 Å². The van der Waals surface area contributed by atoms with E-state index in [1.165, 1.54) is 17.4 Å². The van der Waals surface area contributed by atoms with Crippen LogP contribution in [-0.2, 0) is 11.2 Å². The summed E-state index contributed by atoms with van der Waals surface area (Å²) >= 11 is 0. The van der Waals surface area contributed by atoms with Crippen LogP contribution >= 0.6 is 0 Å². The minimum Gasteiger partial charge on any atom is -0.494 e. The van der Waals surface area contributed by atoms with Crippen LogP contribution in [0.1, 0.15) is 31.2 Å². The largest absolute Gasteiger partial charge is 0.494 e. The van der Waals surface area contributed by atoms with Crippen molar-refractivity contribution in [1.82, 2.24) is 14.9 Å². The van der Waals surface area contributed by atoms with E-state index >= 15 is 0 Å². The van der Waals surface area contributed by atoms with Gasteiger partial charge in [0.05, 0.1) is 32.5 Å². The van der Waals surface area contributed by atoms with Crippen molar-refractivity contribution in [2.24, 2.45) is 17.8 Å². The number of halogens is 1. The molecule has 1 aromatic heterocycles. The Kier molecular flexibility index (Phi) is 7.30. The summed E-state index contributed by atoms with van der Waals surface area (Å²) in [5.41, 5.74) is 0.398. The van der Waals surface area contributed by atoms with Crippen LogP contribution in [0.4, 0.5) is 10.3 Å². The summed E-state index contributed by atoms with van der Waals surface area (Å²) in [7, 11) is 4.95. The third kappa shape index (κ3) is 5.92. The second-order valence-corrected chi connectivity index (χ2v) is 9.26. The molecule has 0 spiro atoms. The van der Waals surface area contributed by atoms with Gasteiger partial charge in [-0.1, -0.05) is 6.07 Å². The van der Waals surface area contributed by atoms with Crippen LogP contribution in [0.2, 0.25) is 0 Å². The number of methoxy groups -OCH3 is 1.